The second kappa shape index (κ2) is 9.30. The van der Waals surface area contributed by atoms with E-state index < -0.39 is 0 Å². The molecule has 1 saturated carbocycles. The Labute approximate surface area is 159 Å². The number of hydrazone groups is 1. The van der Waals surface area contributed by atoms with Crippen LogP contribution in [-0.2, 0) is 20.9 Å². The average molecular weight is 370 g/mol. The summed E-state index contributed by atoms with van der Waals surface area (Å²) in [6.07, 6.45) is 4.77. The Morgan fingerprint density at radius 1 is 1.04 bits per heavy atom. The molecule has 0 spiro atoms. The van der Waals surface area contributed by atoms with E-state index in [1.165, 1.54) is 5.01 Å². The van der Waals surface area contributed by atoms with Crippen molar-refractivity contribution < 1.29 is 14.4 Å². The summed E-state index contributed by atoms with van der Waals surface area (Å²) in [5.41, 5.74) is 1.32. The van der Waals surface area contributed by atoms with Crippen LogP contribution in [0.4, 0.5) is 0 Å². The molecule has 7 nitrogen and oxygen atoms in total. The highest BCUT2D eigenvalue weighted by Gasteiger charge is 2.25. The van der Waals surface area contributed by atoms with Gasteiger partial charge in [-0.3, -0.25) is 14.4 Å². The number of benzene rings is 1. The summed E-state index contributed by atoms with van der Waals surface area (Å²) in [5, 5.41) is 11.2. The van der Waals surface area contributed by atoms with E-state index in [4.69, 9.17) is 0 Å². The Hall–Kier alpha value is -2.70. The van der Waals surface area contributed by atoms with E-state index in [0.717, 1.165) is 31.2 Å². The molecular formula is C20H26N4O3. The molecule has 1 aromatic carbocycles. The summed E-state index contributed by atoms with van der Waals surface area (Å²) in [7, 11) is 0. The van der Waals surface area contributed by atoms with Crippen LogP contribution < -0.4 is 10.6 Å². The van der Waals surface area contributed by atoms with Crippen LogP contribution >= 0.6 is 0 Å². The van der Waals surface area contributed by atoms with E-state index >= 15 is 0 Å². The molecule has 0 unspecified atom stereocenters. The van der Waals surface area contributed by atoms with Gasteiger partial charge in [0.1, 0.15) is 5.71 Å². The van der Waals surface area contributed by atoms with Gasteiger partial charge in [-0.1, -0.05) is 43.2 Å². The minimum absolute atomic E-state index is 0.0800. The standard InChI is InChI=1S/C20H26N4O3/c25-18-11-10-17(23-24(18)14-15-6-2-1-3-7-15)20(27)22-13-12-21-19(26)16-8-4-5-9-16/h1-3,6-7,16H,4-5,8-14H2,(H,21,26)(H,22,27). The van der Waals surface area contributed by atoms with Gasteiger partial charge in [0.2, 0.25) is 11.8 Å². The second-order valence-electron chi connectivity index (χ2n) is 7.01. The lowest BCUT2D eigenvalue weighted by Gasteiger charge is -2.23. The van der Waals surface area contributed by atoms with Gasteiger partial charge in [-0.05, 0) is 18.4 Å². The van der Waals surface area contributed by atoms with Gasteiger partial charge >= 0.3 is 0 Å². The molecule has 2 N–H and O–H groups in total. The van der Waals surface area contributed by atoms with E-state index in [1.807, 2.05) is 30.3 Å². The molecule has 3 rings (SSSR count). The topological polar surface area (TPSA) is 90.9 Å². The van der Waals surface area contributed by atoms with Crippen LogP contribution in [0.2, 0.25) is 0 Å². The number of nitrogens with zero attached hydrogens (tertiary/aromatic N) is 2. The number of hydrogen-bond acceptors (Lipinski definition) is 4. The van der Waals surface area contributed by atoms with Crippen LogP contribution in [0, 0.1) is 5.92 Å². The normalized spacial score (nSPS) is 17.6. The lowest BCUT2D eigenvalue weighted by atomic mass is 10.1. The van der Waals surface area contributed by atoms with Crippen molar-refractivity contribution in [2.24, 2.45) is 11.0 Å². The highest BCUT2D eigenvalue weighted by molar-refractivity contribution is 6.39. The molecule has 1 aromatic rings. The maximum absolute atomic E-state index is 12.3. The zero-order valence-electron chi connectivity index (χ0n) is 15.4. The van der Waals surface area contributed by atoms with Crippen molar-refractivity contribution in [1.82, 2.24) is 15.6 Å². The highest BCUT2D eigenvalue weighted by Crippen LogP contribution is 2.24. The van der Waals surface area contributed by atoms with Crippen molar-refractivity contribution in [3.05, 3.63) is 35.9 Å². The summed E-state index contributed by atoms with van der Waals surface area (Å²) >= 11 is 0. The fourth-order valence-corrected chi connectivity index (χ4v) is 3.44. The molecule has 1 aliphatic carbocycles. The molecule has 2 aliphatic rings. The summed E-state index contributed by atoms with van der Waals surface area (Å²) in [6, 6.07) is 9.56. The molecule has 0 bridgehead atoms. The van der Waals surface area contributed by atoms with Gasteiger partial charge in [-0.2, -0.15) is 5.10 Å². The van der Waals surface area contributed by atoms with Crippen molar-refractivity contribution in [2.45, 2.75) is 45.1 Å². The van der Waals surface area contributed by atoms with Gasteiger partial charge in [0.15, 0.2) is 0 Å². The second-order valence-corrected chi connectivity index (χ2v) is 7.01. The molecule has 3 amide bonds. The van der Waals surface area contributed by atoms with Crippen LogP contribution in [0.25, 0.3) is 0 Å². The van der Waals surface area contributed by atoms with Crippen LogP contribution in [-0.4, -0.2) is 41.5 Å². The third-order valence-electron chi connectivity index (χ3n) is 4.98. The van der Waals surface area contributed by atoms with Crippen LogP contribution in [0.5, 0.6) is 0 Å². The number of nitrogens with one attached hydrogen (secondary N) is 2. The van der Waals surface area contributed by atoms with E-state index in [-0.39, 0.29) is 30.1 Å². The van der Waals surface area contributed by atoms with E-state index in [2.05, 4.69) is 15.7 Å². The van der Waals surface area contributed by atoms with Gasteiger partial charge in [0.25, 0.3) is 5.91 Å². The van der Waals surface area contributed by atoms with Crippen molar-refractivity contribution >= 4 is 23.4 Å². The molecule has 0 aromatic heterocycles. The first-order chi connectivity index (χ1) is 13.1. The average Bonchev–Trinajstić information content (AvgIpc) is 3.22. The van der Waals surface area contributed by atoms with Gasteiger partial charge in [-0.25, -0.2) is 5.01 Å². The molecule has 1 aliphatic heterocycles. The fourth-order valence-electron chi connectivity index (χ4n) is 3.44. The molecule has 1 heterocycles. The van der Waals surface area contributed by atoms with E-state index in [9.17, 15) is 14.4 Å². The van der Waals surface area contributed by atoms with Crippen LogP contribution in [0.3, 0.4) is 0 Å². The lowest BCUT2D eigenvalue weighted by Crippen LogP contribution is -2.42. The summed E-state index contributed by atoms with van der Waals surface area (Å²) in [6.45, 7) is 1.11. The maximum Gasteiger partial charge on any atom is 0.267 e. The summed E-state index contributed by atoms with van der Waals surface area (Å²) in [5.74, 6) is -0.160. The Kier molecular flexibility index (Phi) is 6.57. The minimum atomic E-state index is -0.282. The fraction of sp³-hybridized carbons (Fsp3) is 0.500. The van der Waals surface area contributed by atoms with Gasteiger partial charge in [0.05, 0.1) is 6.54 Å². The monoisotopic (exact) mass is 370 g/mol. The number of rotatable bonds is 7. The molecule has 27 heavy (non-hydrogen) atoms. The molecule has 1 fully saturated rings. The van der Waals surface area contributed by atoms with Crippen LogP contribution in [0.15, 0.2) is 35.4 Å². The molecular weight excluding hydrogens is 344 g/mol. The molecule has 7 heteroatoms. The molecule has 0 radical (unpaired) electrons. The van der Waals surface area contributed by atoms with Crippen LogP contribution in [0.1, 0.15) is 44.1 Å². The number of hydrogen-bond donors (Lipinski definition) is 2. The summed E-state index contributed by atoms with van der Waals surface area (Å²) in [4.78, 5) is 36.3. The maximum atomic E-state index is 12.3. The Bertz CT molecular complexity index is 711. The third-order valence-corrected chi connectivity index (χ3v) is 4.98. The number of carbonyl (C=O) groups is 3. The van der Waals surface area contributed by atoms with Crippen molar-refractivity contribution in [3.8, 4) is 0 Å². The van der Waals surface area contributed by atoms with Crippen molar-refractivity contribution in [3.63, 3.8) is 0 Å². The Morgan fingerprint density at radius 3 is 2.48 bits per heavy atom. The molecule has 0 atom stereocenters. The number of carbonyl (C=O) groups excluding carboxylic acids is 3. The lowest BCUT2D eigenvalue weighted by molar-refractivity contribution is -0.132. The third kappa shape index (κ3) is 5.39. The van der Waals surface area contributed by atoms with Crippen molar-refractivity contribution in [2.75, 3.05) is 13.1 Å². The van der Waals surface area contributed by atoms with Gasteiger partial charge in [-0.15, -0.1) is 0 Å². The van der Waals surface area contributed by atoms with E-state index in [1.54, 1.807) is 0 Å². The smallest absolute Gasteiger partial charge is 0.267 e. The highest BCUT2D eigenvalue weighted by atomic mass is 16.2. The Balaban J connectivity index is 1.46. The van der Waals surface area contributed by atoms with E-state index in [0.29, 0.717) is 31.8 Å². The predicted molar refractivity (Wildman–Crippen MR) is 102 cm³/mol. The van der Waals surface area contributed by atoms with Gasteiger partial charge in [0, 0.05) is 31.8 Å². The number of amides is 3. The zero-order valence-corrected chi connectivity index (χ0v) is 15.4. The molecule has 144 valence electrons. The predicted octanol–water partition coefficient (Wildman–Crippen LogP) is 1.59. The zero-order chi connectivity index (χ0) is 19.1. The largest absolute Gasteiger partial charge is 0.354 e. The SMILES string of the molecule is O=C(NCCNC(=O)C1CCCC1)C1=NN(Cc2ccccc2)C(=O)CC1. The van der Waals surface area contributed by atoms with Crippen molar-refractivity contribution in [1.29, 1.82) is 0 Å². The first kappa shape index (κ1) is 19.1. The first-order valence-corrected chi connectivity index (χ1v) is 9.61. The minimum Gasteiger partial charge on any atom is -0.354 e. The Morgan fingerprint density at radius 2 is 1.74 bits per heavy atom. The first-order valence-electron chi connectivity index (χ1n) is 9.61. The van der Waals surface area contributed by atoms with Gasteiger partial charge < -0.3 is 10.6 Å². The molecule has 0 saturated heterocycles. The quantitative estimate of drug-likeness (QED) is 0.714. The summed E-state index contributed by atoms with van der Waals surface area (Å²) < 4.78 is 0.